The minimum absolute atomic E-state index is 0.277. The molecule has 1 heterocycles. The number of thiophene rings is 1. The van der Waals surface area contributed by atoms with Gasteiger partial charge in [0, 0.05) is 11.4 Å². The molecule has 4 nitrogen and oxygen atoms in total. The van der Waals surface area contributed by atoms with E-state index in [0.717, 1.165) is 11.4 Å². The topological polar surface area (TPSA) is 58.2 Å². The highest BCUT2D eigenvalue weighted by Gasteiger charge is 2.20. The van der Waals surface area contributed by atoms with Crippen molar-refractivity contribution in [3.05, 3.63) is 44.6 Å². The highest BCUT2D eigenvalue weighted by molar-refractivity contribution is 7.93. The Labute approximate surface area is 138 Å². The van der Waals surface area contributed by atoms with Crippen molar-refractivity contribution < 1.29 is 8.42 Å². The van der Waals surface area contributed by atoms with Crippen molar-refractivity contribution in [3.63, 3.8) is 0 Å². The predicted octanol–water partition coefficient (Wildman–Crippen LogP) is 3.97. The highest BCUT2D eigenvalue weighted by atomic mass is 35.5. The van der Waals surface area contributed by atoms with Crippen molar-refractivity contribution in [2.24, 2.45) is 0 Å². The molecule has 1 aromatic carbocycles. The third-order valence-electron chi connectivity index (χ3n) is 2.70. The van der Waals surface area contributed by atoms with E-state index in [4.69, 9.17) is 23.2 Å². The van der Waals surface area contributed by atoms with Gasteiger partial charge in [-0.15, -0.1) is 11.3 Å². The van der Waals surface area contributed by atoms with Gasteiger partial charge in [-0.1, -0.05) is 30.1 Å². The van der Waals surface area contributed by atoms with E-state index in [9.17, 15) is 8.42 Å². The quantitative estimate of drug-likeness (QED) is 0.815. The van der Waals surface area contributed by atoms with Gasteiger partial charge in [-0.05, 0) is 36.2 Å². The zero-order chi connectivity index (χ0) is 15.5. The summed E-state index contributed by atoms with van der Waals surface area (Å²) >= 11 is 13.1. The maximum atomic E-state index is 12.4. The summed E-state index contributed by atoms with van der Waals surface area (Å²) in [5.74, 6) is 0. The number of benzene rings is 1. The molecular formula is C13H14Cl2N2O2S2. The molecule has 0 unspecified atom stereocenters. The molecule has 0 atom stereocenters. The molecule has 2 N–H and O–H groups in total. The number of anilines is 1. The molecule has 0 saturated carbocycles. The predicted molar refractivity (Wildman–Crippen MR) is 89.0 cm³/mol. The molecule has 0 aliphatic heterocycles. The largest absolute Gasteiger partial charge is 0.312 e. The van der Waals surface area contributed by atoms with E-state index in [1.165, 1.54) is 17.4 Å². The van der Waals surface area contributed by atoms with Crippen LogP contribution in [0.3, 0.4) is 0 Å². The fraction of sp³-hybridized carbons (Fsp3) is 0.231. The van der Waals surface area contributed by atoms with Crippen LogP contribution in [-0.2, 0) is 16.6 Å². The average Bonchev–Trinajstić information content (AvgIpc) is 2.89. The van der Waals surface area contributed by atoms with E-state index in [0.29, 0.717) is 22.3 Å². The van der Waals surface area contributed by atoms with Crippen molar-refractivity contribution in [2.45, 2.75) is 18.4 Å². The van der Waals surface area contributed by atoms with Gasteiger partial charge in [-0.25, -0.2) is 8.42 Å². The third kappa shape index (κ3) is 4.11. The normalized spacial score (nSPS) is 11.6. The zero-order valence-electron chi connectivity index (χ0n) is 11.2. The zero-order valence-corrected chi connectivity index (χ0v) is 14.3. The van der Waals surface area contributed by atoms with Gasteiger partial charge >= 0.3 is 0 Å². The molecule has 0 aliphatic carbocycles. The Bertz CT molecular complexity index is 730. The second kappa shape index (κ2) is 6.98. The van der Waals surface area contributed by atoms with E-state index >= 15 is 0 Å². The lowest BCUT2D eigenvalue weighted by atomic mass is 10.3. The summed E-state index contributed by atoms with van der Waals surface area (Å²) in [6.45, 7) is 3.26. The van der Waals surface area contributed by atoms with Gasteiger partial charge in [0.15, 0.2) is 0 Å². The lowest BCUT2D eigenvalue weighted by Crippen LogP contribution is -2.17. The molecule has 0 spiro atoms. The van der Waals surface area contributed by atoms with Gasteiger partial charge < -0.3 is 5.32 Å². The van der Waals surface area contributed by atoms with Gasteiger partial charge in [-0.2, -0.15) is 0 Å². The van der Waals surface area contributed by atoms with E-state index in [-0.39, 0.29) is 4.90 Å². The minimum atomic E-state index is -3.64. The lowest BCUT2D eigenvalue weighted by molar-refractivity contribution is 0.599. The summed E-state index contributed by atoms with van der Waals surface area (Å²) in [6, 6.07) is 6.20. The molecule has 0 radical (unpaired) electrons. The Balaban J connectivity index is 2.26. The Morgan fingerprint density at radius 2 is 1.95 bits per heavy atom. The first-order chi connectivity index (χ1) is 9.94. The van der Waals surface area contributed by atoms with E-state index in [1.807, 2.05) is 6.92 Å². The van der Waals surface area contributed by atoms with Crippen LogP contribution in [0.15, 0.2) is 34.5 Å². The summed E-state index contributed by atoms with van der Waals surface area (Å²) in [4.78, 5) is 1.05. The number of nitrogens with one attached hydrogen (secondary N) is 2. The van der Waals surface area contributed by atoms with Gasteiger partial charge in [0.2, 0.25) is 0 Å². The molecular weight excluding hydrogens is 351 g/mol. The van der Waals surface area contributed by atoms with Crippen molar-refractivity contribution in [1.82, 2.24) is 5.32 Å². The molecule has 8 heteroatoms. The molecule has 0 bridgehead atoms. The molecule has 2 rings (SSSR count). The number of hydrogen-bond donors (Lipinski definition) is 2. The molecule has 0 saturated heterocycles. The van der Waals surface area contributed by atoms with Crippen molar-refractivity contribution >= 4 is 50.2 Å². The first kappa shape index (κ1) is 16.6. The van der Waals surface area contributed by atoms with Crippen molar-refractivity contribution in [2.75, 3.05) is 11.3 Å². The summed E-state index contributed by atoms with van der Waals surface area (Å²) < 4.78 is 27.4. The van der Waals surface area contributed by atoms with Crippen molar-refractivity contribution in [3.8, 4) is 0 Å². The van der Waals surface area contributed by atoms with Crippen LogP contribution in [0.1, 0.15) is 11.8 Å². The summed E-state index contributed by atoms with van der Waals surface area (Å²) in [5.41, 5.74) is 0.380. The standard InChI is InChI=1S/C13H14Cl2N2O2S2/c1-2-16-8-12-13(5-6-20-12)21(18,19)17-9-3-4-10(14)11(15)7-9/h3-7,16-17H,2,8H2,1H3. The number of sulfonamides is 1. The smallest absolute Gasteiger partial charge is 0.263 e. The summed E-state index contributed by atoms with van der Waals surface area (Å²) in [7, 11) is -3.64. The molecule has 0 aliphatic rings. The third-order valence-corrected chi connectivity index (χ3v) is 5.96. The average molecular weight is 365 g/mol. The SMILES string of the molecule is CCNCc1sccc1S(=O)(=O)Nc1ccc(Cl)c(Cl)c1. The minimum Gasteiger partial charge on any atom is -0.312 e. The van der Waals surface area contributed by atoms with Crippen LogP contribution >= 0.6 is 34.5 Å². The van der Waals surface area contributed by atoms with Crippen LogP contribution < -0.4 is 10.0 Å². The van der Waals surface area contributed by atoms with Crippen molar-refractivity contribution in [1.29, 1.82) is 0 Å². The molecule has 21 heavy (non-hydrogen) atoms. The number of halogens is 2. The molecule has 0 amide bonds. The first-order valence-electron chi connectivity index (χ1n) is 6.19. The Morgan fingerprint density at radius 1 is 1.19 bits per heavy atom. The van der Waals surface area contributed by atoms with Crippen LogP contribution in [0.5, 0.6) is 0 Å². The van der Waals surface area contributed by atoms with Gasteiger partial charge in [0.25, 0.3) is 10.0 Å². The first-order valence-corrected chi connectivity index (χ1v) is 9.31. The summed E-state index contributed by atoms with van der Waals surface area (Å²) in [5, 5.41) is 5.56. The summed E-state index contributed by atoms with van der Waals surface area (Å²) in [6.07, 6.45) is 0. The molecule has 114 valence electrons. The van der Waals surface area contributed by atoms with Gasteiger partial charge in [-0.3, -0.25) is 4.72 Å². The van der Waals surface area contributed by atoms with E-state index in [2.05, 4.69) is 10.0 Å². The van der Waals surface area contributed by atoms with Crippen LogP contribution in [-0.4, -0.2) is 15.0 Å². The molecule has 2 aromatic rings. The van der Waals surface area contributed by atoms with Crippen LogP contribution in [0.2, 0.25) is 10.0 Å². The molecule has 1 aromatic heterocycles. The Morgan fingerprint density at radius 3 is 2.62 bits per heavy atom. The maximum absolute atomic E-state index is 12.4. The fourth-order valence-electron chi connectivity index (χ4n) is 1.71. The monoisotopic (exact) mass is 364 g/mol. The van der Waals surface area contributed by atoms with Crippen LogP contribution in [0.25, 0.3) is 0 Å². The second-order valence-electron chi connectivity index (χ2n) is 4.22. The van der Waals surface area contributed by atoms with Gasteiger partial charge in [0.1, 0.15) is 4.90 Å². The van der Waals surface area contributed by atoms with E-state index < -0.39 is 10.0 Å². The van der Waals surface area contributed by atoms with E-state index in [1.54, 1.807) is 23.6 Å². The second-order valence-corrected chi connectivity index (χ2v) is 7.69. The number of hydrogen-bond acceptors (Lipinski definition) is 4. The lowest BCUT2D eigenvalue weighted by Gasteiger charge is -2.10. The fourth-order valence-corrected chi connectivity index (χ4v) is 4.47. The Kier molecular flexibility index (Phi) is 5.51. The Hall–Kier alpha value is -0.790. The van der Waals surface area contributed by atoms with Crippen LogP contribution in [0.4, 0.5) is 5.69 Å². The molecule has 0 fully saturated rings. The number of rotatable bonds is 6. The highest BCUT2D eigenvalue weighted by Crippen LogP contribution is 2.28. The van der Waals surface area contributed by atoms with Crippen LogP contribution in [0, 0.1) is 0 Å². The van der Waals surface area contributed by atoms with Gasteiger partial charge in [0.05, 0.1) is 15.7 Å². The maximum Gasteiger partial charge on any atom is 0.263 e.